The number of hydrogen-bond donors (Lipinski definition) is 0. The Morgan fingerprint density at radius 2 is 2.23 bits per heavy atom. The number of aryl methyl sites for hydroxylation is 1. The Hall–Kier alpha value is -1.36. The number of nitrogens with zero attached hydrogens (tertiary/aromatic N) is 3. The fourth-order valence-electron chi connectivity index (χ4n) is 3.20. The summed E-state index contributed by atoms with van der Waals surface area (Å²) < 4.78 is 7.46. The van der Waals surface area contributed by atoms with E-state index in [0.717, 1.165) is 43.8 Å². The van der Waals surface area contributed by atoms with Crippen LogP contribution in [0.4, 0.5) is 0 Å². The molecule has 2 rings (SSSR count). The smallest absolute Gasteiger partial charge is 0.244 e. The Kier molecular flexibility index (Phi) is 6.00. The highest BCUT2D eigenvalue weighted by Crippen LogP contribution is 2.17. The van der Waals surface area contributed by atoms with Gasteiger partial charge in [-0.05, 0) is 51.5 Å². The number of carbonyl (C=O) groups is 1. The van der Waals surface area contributed by atoms with Crippen LogP contribution in [-0.4, -0.2) is 46.9 Å². The Morgan fingerprint density at radius 1 is 1.45 bits per heavy atom. The molecule has 1 aliphatic rings. The van der Waals surface area contributed by atoms with Crippen LogP contribution in [0.1, 0.15) is 49.6 Å². The lowest BCUT2D eigenvalue weighted by molar-refractivity contribution is -0.130. The zero-order chi connectivity index (χ0) is 16.1. The molecule has 0 radical (unpaired) electrons. The number of hydrogen-bond acceptors (Lipinski definition) is 3. The van der Waals surface area contributed by atoms with E-state index >= 15 is 0 Å². The van der Waals surface area contributed by atoms with Gasteiger partial charge in [0.25, 0.3) is 0 Å². The zero-order valence-corrected chi connectivity index (χ0v) is 14.4. The molecule has 5 nitrogen and oxygen atoms in total. The topological polar surface area (TPSA) is 47.4 Å². The molecule has 0 aliphatic carbocycles. The summed E-state index contributed by atoms with van der Waals surface area (Å²) in [6, 6.07) is 0. The van der Waals surface area contributed by atoms with Gasteiger partial charge in [0, 0.05) is 25.9 Å². The molecule has 0 saturated carbocycles. The molecule has 1 atom stereocenters. The molecule has 1 fully saturated rings. The number of aromatic nitrogens is 2. The lowest BCUT2D eigenvalue weighted by atomic mass is 10.1. The lowest BCUT2D eigenvalue weighted by Gasteiger charge is -2.18. The first-order chi connectivity index (χ1) is 10.5. The van der Waals surface area contributed by atoms with Gasteiger partial charge in [-0.25, -0.2) is 0 Å². The molecule has 0 N–H and O–H groups in total. The molecule has 0 spiro atoms. The first-order valence-electron chi connectivity index (χ1n) is 8.41. The maximum atomic E-state index is 12.3. The molecular formula is C17H29N3O2. The predicted octanol–water partition coefficient (Wildman–Crippen LogP) is 2.48. The van der Waals surface area contributed by atoms with E-state index in [1.54, 1.807) is 0 Å². The van der Waals surface area contributed by atoms with Crippen molar-refractivity contribution in [3.8, 4) is 0 Å². The molecule has 1 saturated heterocycles. The molecule has 1 amide bonds. The van der Waals surface area contributed by atoms with Gasteiger partial charge in [0.1, 0.15) is 6.54 Å². The first-order valence-corrected chi connectivity index (χ1v) is 8.41. The highest BCUT2D eigenvalue weighted by molar-refractivity contribution is 5.75. The Bertz CT molecular complexity index is 504. The minimum atomic E-state index is 0.126. The Labute approximate surface area is 133 Å². The van der Waals surface area contributed by atoms with Gasteiger partial charge in [0.2, 0.25) is 5.91 Å². The second kappa shape index (κ2) is 7.77. The van der Waals surface area contributed by atoms with Crippen molar-refractivity contribution < 1.29 is 9.53 Å². The maximum absolute atomic E-state index is 12.3. The minimum absolute atomic E-state index is 0.126. The summed E-state index contributed by atoms with van der Waals surface area (Å²) in [6.07, 6.45) is 5.78. The first kappa shape index (κ1) is 17.0. The van der Waals surface area contributed by atoms with E-state index in [9.17, 15) is 4.79 Å². The van der Waals surface area contributed by atoms with Crippen LogP contribution in [-0.2, 0) is 22.5 Å². The Morgan fingerprint density at radius 3 is 2.82 bits per heavy atom. The average Bonchev–Trinajstić information content (AvgIpc) is 3.08. The van der Waals surface area contributed by atoms with Crippen molar-refractivity contribution in [3.63, 3.8) is 0 Å². The van der Waals surface area contributed by atoms with E-state index < -0.39 is 0 Å². The molecule has 1 aromatic heterocycles. The average molecular weight is 307 g/mol. The van der Waals surface area contributed by atoms with Crippen molar-refractivity contribution >= 4 is 5.91 Å². The van der Waals surface area contributed by atoms with E-state index in [4.69, 9.17) is 4.74 Å². The van der Waals surface area contributed by atoms with Crippen molar-refractivity contribution in [2.45, 2.75) is 65.5 Å². The van der Waals surface area contributed by atoms with E-state index in [0.29, 0.717) is 12.6 Å². The highest BCUT2D eigenvalue weighted by Gasteiger charge is 2.17. The van der Waals surface area contributed by atoms with Crippen LogP contribution in [0.3, 0.4) is 0 Å². The third-order valence-electron chi connectivity index (χ3n) is 4.64. The summed E-state index contributed by atoms with van der Waals surface area (Å²) in [5.74, 6) is 0.126. The highest BCUT2D eigenvalue weighted by atomic mass is 16.5. The van der Waals surface area contributed by atoms with Gasteiger partial charge in [0.05, 0.1) is 11.8 Å². The van der Waals surface area contributed by atoms with Crippen molar-refractivity contribution in [1.82, 2.24) is 14.7 Å². The number of amides is 1. The minimum Gasteiger partial charge on any atom is -0.378 e. The fraction of sp³-hybridized carbons (Fsp3) is 0.765. The molecule has 124 valence electrons. The van der Waals surface area contributed by atoms with E-state index in [2.05, 4.69) is 12.0 Å². The van der Waals surface area contributed by atoms with Gasteiger partial charge in [-0.2, -0.15) is 5.10 Å². The molecule has 1 aliphatic heterocycles. The van der Waals surface area contributed by atoms with Crippen LogP contribution >= 0.6 is 0 Å². The van der Waals surface area contributed by atoms with Crippen molar-refractivity contribution in [3.05, 3.63) is 17.0 Å². The number of carbonyl (C=O) groups excluding carboxylic acids is 1. The second-order valence-electron chi connectivity index (χ2n) is 6.25. The van der Waals surface area contributed by atoms with Crippen molar-refractivity contribution in [2.75, 3.05) is 20.2 Å². The molecule has 5 heteroatoms. The number of rotatable bonds is 7. The summed E-state index contributed by atoms with van der Waals surface area (Å²) in [5.41, 5.74) is 3.41. The van der Waals surface area contributed by atoms with Crippen LogP contribution < -0.4 is 0 Å². The molecule has 1 unspecified atom stereocenters. The maximum Gasteiger partial charge on any atom is 0.244 e. The molecule has 0 bridgehead atoms. The predicted molar refractivity (Wildman–Crippen MR) is 86.9 cm³/mol. The van der Waals surface area contributed by atoms with Crippen LogP contribution in [0.25, 0.3) is 0 Å². The number of ether oxygens (including phenoxy) is 1. The van der Waals surface area contributed by atoms with Crippen LogP contribution in [0.15, 0.2) is 0 Å². The monoisotopic (exact) mass is 307 g/mol. The van der Waals surface area contributed by atoms with Gasteiger partial charge in [-0.3, -0.25) is 9.48 Å². The lowest BCUT2D eigenvalue weighted by Crippen LogP contribution is -2.32. The molecule has 2 heterocycles. The van der Waals surface area contributed by atoms with E-state index in [1.165, 1.54) is 18.4 Å². The zero-order valence-electron chi connectivity index (χ0n) is 14.4. The summed E-state index contributed by atoms with van der Waals surface area (Å²) >= 11 is 0. The van der Waals surface area contributed by atoms with Crippen LogP contribution in [0, 0.1) is 13.8 Å². The summed E-state index contributed by atoms with van der Waals surface area (Å²) in [5, 5.41) is 4.50. The third-order valence-corrected chi connectivity index (χ3v) is 4.64. The van der Waals surface area contributed by atoms with Crippen molar-refractivity contribution in [2.24, 2.45) is 0 Å². The van der Waals surface area contributed by atoms with E-state index in [-0.39, 0.29) is 5.91 Å². The molecule has 0 aromatic carbocycles. The van der Waals surface area contributed by atoms with Gasteiger partial charge < -0.3 is 9.64 Å². The quantitative estimate of drug-likeness (QED) is 0.777. The van der Waals surface area contributed by atoms with Gasteiger partial charge in [-0.1, -0.05) is 6.92 Å². The van der Waals surface area contributed by atoms with Gasteiger partial charge in [-0.15, -0.1) is 0 Å². The normalized spacial score (nSPS) is 17.9. The number of likely N-dealkylation sites (N-methyl/N-ethyl adjacent to an activating group) is 1. The Balaban J connectivity index is 1.80. The van der Waals surface area contributed by atoms with Crippen molar-refractivity contribution in [1.29, 1.82) is 0 Å². The largest absolute Gasteiger partial charge is 0.378 e. The SMILES string of the molecule is CCc1c(C)nn(CC(=O)N(C)CCCC2CCCO2)c1C. The van der Waals surface area contributed by atoms with Crippen LogP contribution in [0.5, 0.6) is 0 Å². The second-order valence-corrected chi connectivity index (χ2v) is 6.25. The summed E-state index contributed by atoms with van der Waals surface area (Å²) in [7, 11) is 1.88. The van der Waals surface area contributed by atoms with E-state index in [1.807, 2.05) is 30.5 Å². The van der Waals surface area contributed by atoms with Gasteiger partial charge in [0.15, 0.2) is 0 Å². The molecular weight excluding hydrogens is 278 g/mol. The van der Waals surface area contributed by atoms with Crippen LogP contribution in [0.2, 0.25) is 0 Å². The summed E-state index contributed by atoms with van der Waals surface area (Å²) in [4.78, 5) is 14.2. The third kappa shape index (κ3) is 4.09. The standard InChI is InChI=1S/C17H29N3O2/c1-5-16-13(2)18-20(14(16)3)12-17(21)19(4)10-6-8-15-9-7-11-22-15/h15H,5-12H2,1-4H3. The molecule has 1 aromatic rings. The fourth-order valence-corrected chi connectivity index (χ4v) is 3.20. The van der Waals surface area contributed by atoms with Gasteiger partial charge >= 0.3 is 0 Å². The summed E-state index contributed by atoms with van der Waals surface area (Å²) in [6.45, 7) is 8.21. The molecule has 22 heavy (non-hydrogen) atoms.